The fourth-order valence-electron chi connectivity index (χ4n) is 2.05. The highest BCUT2D eigenvalue weighted by molar-refractivity contribution is 5.92. The quantitative estimate of drug-likeness (QED) is 0.778. The second-order valence-electron chi connectivity index (χ2n) is 4.42. The van der Waals surface area contributed by atoms with Gasteiger partial charge in [0.25, 0.3) is 5.91 Å². The first-order valence-electron chi connectivity index (χ1n) is 5.53. The normalized spacial score (nSPS) is 24.3. The van der Waals surface area contributed by atoms with Gasteiger partial charge >= 0.3 is 0 Å². The van der Waals surface area contributed by atoms with E-state index < -0.39 is 0 Å². The number of hydrogen-bond acceptors (Lipinski definition) is 4. The van der Waals surface area contributed by atoms with Crippen LogP contribution in [0.2, 0.25) is 0 Å². The summed E-state index contributed by atoms with van der Waals surface area (Å²) in [4.78, 5) is 19.5. The Morgan fingerprint density at radius 2 is 2.25 bits per heavy atom. The maximum atomic E-state index is 11.8. The summed E-state index contributed by atoms with van der Waals surface area (Å²) in [5, 5.41) is 2.96. The zero-order valence-corrected chi connectivity index (χ0v) is 9.31. The predicted octanol–water partition coefficient (Wildman–Crippen LogP) is 0.977. The fraction of sp³-hybridized carbons (Fsp3) is 0.545. The Hall–Kier alpha value is -1.65. The van der Waals surface area contributed by atoms with Crippen molar-refractivity contribution in [1.82, 2.24) is 15.3 Å². The number of nitrogens with zero attached hydrogens (tertiary/aromatic N) is 2. The van der Waals surface area contributed by atoms with E-state index in [9.17, 15) is 4.79 Å². The molecule has 1 fully saturated rings. The van der Waals surface area contributed by atoms with Crippen LogP contribution < -0.4 is 11.1 Å². The van der Waals surface area contributed by atoms with E-state index in [2.05, 4.69) is 22.2 Å². The van der Waals surface area contributed by atoms with Gasteiger partial charge in [0.2, 0.25) is 0 Å². The van der Waals surface area contributed by atoms with Gasteiger partial charge in [0.1, 0.15) is 11.5 Å². The molecule has 5 nitrogen and oxygen atoms in total. The smallest absolute Gasteiger partial charge is 0.271 e. The van der Waals surface area contributed by atoms with Gasteiger partial charge in [-0.2, -0.15) is 0 Å². The van der Waals surface area contributed by atoms with Gasteiger partial charge in [-0.15, -0.1) is 0 Å². The van der Waals surface area contributed by atoms with Crippen LogP contribution in [-0.2, 0) is 0 Å². The monoisotopic (exact) mass is 220 g/mol. The second-order valence-corrected chi connectivity index (χ2v) is 4.42. The van der Waals surface area contributed by atoms with Crippen molar-refractivity contribution in [3.63, 3.8) is 0 Å². The van der Waals surface area contributed by atoms with Crippen LogP contribution in [0, 0.1) is 5.92 Å². The predicted molar refractivity (Wildman–Crippen MR) is 60.7 cm³/mol. The van der Waals surface area contributed by atoms with Crippen molar-refractivity contribution in [3.8, 4) is 0 Å². The Bertz CT molecular complexity index is 376. The average molecular weight is 220 g/mol. The number of nitrogens with two attached hydrogens (primary N) is 1. The summed E-state index contributed by atoms with van der Waals surface area (Å²) in [5.74, 6) is 0.862. The van der Waals surface area contributed by atoms with E-state index in [0.717, 1.165) is 12.8 Å². The minimum atomic E-state index is -0.161. The molecule has 3 N–H and O–H groups in total. The minimum Gasteiger partial charge on any atom is -0.382 e. The van der Waals surface area contributed by atoms with Crippen LogP contribution in [-0.4, -0.2) is 21.9 Å². The molecular weight excluding hydrogens is 204 g/mol. The van der Waals surface area contributed by atoms with Crippen molar-refractivity contribution < 1.29 is 4.79 Å². The first-order valence-corrected chi connectivity index (χ1v) is 5.53. The molecule has 1 saturated carbocycles. The van der Waals surface area contributed by atoms with E-state index >= 15 is 0 Å². The highest BCUT2D eigenvalue weighted by Gasteiger charge is 2.23. The SMILES string of the molecule is CC1CCC(NC(=O)c2cnc(N)cn2)C1. The highest BCUT2D eigenvalue weighted by Crippen LogP contribution is 2.24. The van der Waals surface area contributed by atoms with E-state index in [0.29, 0.717) is 17.4 Å². The Morgan fingerprint density at radius 1 is 1.44 bits per heavy atom. The van der Waals surface area contributed by atoms with E-state index in [1.807, 2.05) is 0 Å². The number of nitrogen functional groups attached to an aromatic ring is 1. The minimum absolute atomic E-state index is 0.161. The maximum Gasteiger partial charge on any atom is 0.271 e. The number of amides is 1. The second kappa shape index (κ2) is 4.47. The summed E-state index contributed by atoms with van der Waals surface area (Å²) in [7, 11) is 0. The van der Waals surface area contributed by atoms with Gasteiger partial charge in [0.15, 0.2) is 0 Å². The standard InChI is InChI=1S/C11H16N4O/c1-7-2-3-8(4-7)15-11(16)9-5-14-10(12)6-13-9/h5-8H,2-4H2,1H3,(H2,12,14)(H,15,16). The number of anilines is 1. The third kappa shape index (κ3) is 2.48. The largest absolute Gasteiger partial charge is 0.382 e. The molecule has 1 aliphatic rings. The fourth-order valence-corrected chi connectivity index (χ4v) is 2.05. The first kappa shape index (κ1) is 10.9. The van der Waals surface area contributed by atoms with Gasteiger partial charge in [-0.3, -0.25) is 4.79 Å². The van der Waals surface area contributed by atoms with Crippen molar-refractivity contribution in [2.45, 2.75) is 32.2 Å². The molecule has 0 radical (unpaired) electrons. The molecule has 1 aromatic rings. The topological polar surface area (TPSA) is 80.9 Å². The lowest BCUT2D eigenvalue weighted by molar-refractivity contribution is 0.0932. The Balaban J connectivity index is 1.95. The zero-order chi connectivity index (χ0) is 11.5. The highest BCUT2D eigenvalue weighted by atomic mass is 16.1. The molecule has 0 saturated heterocycles. The van der Waals surface area contributed by atoms with Gasteiger partial charge in [0, 0.05) is 6.04 Å². The summed E-state index contributed by atoms with van der Waals surface area (Å²) in [6.07, 6.45) is 6.08. The van der Waals surface area contributed by atoms with Gasteiger partial charge in [-0.25, -0.2) is 9.97 Å². The third-order valence-corrected chi connectivity index (χ3v) is 2.93. The summed E-state index contributed by atoms with van der Waals surface area (Å²) in [6.45, 7) is 2.20. The molecule has 2 rings (SSSR count). The molecule has 1 amide bonds. The number of nitrogens with one attached hydrogen (secondary N) is 1. The molecule has 5 heteroatoms. The van der Waals surface area contributed by atoms with Crippen molar-refractivity contribution in [1.29, 1.82) is 0 Å². The van der Waals surface area contributed by atoms with Crippen LogP contribution in [0.4, 0.5) is 5.82 Å². The van der Waals surface area contributed by atoms with Crippen molar-refractivity contribution in [2.24, 2.45) is 5.92 Å². The average Bonchev–Trinajstić information content (AvgIpc) is 2.65. The molecule has 0 aromatic carbocycles. The van der Waals surface area contributed by atoms with Crippen LogP contribution in [0.1, 0.15) is 36.7 Å². The van der Waals surface area contributed by atoms with E-state index in [-0.39, 0.29) is 11.9 Å². The van der Waals surface area contributed by atoms with Crippen LogP contribution >= 0.6 is 0 Å². The van der Waals surface area contributed by atoms with Crippen molar-refractivity contribution in [3.05, 3.63) is 18.1 Å². The van der Waals surface area contributed by atoms with E-state index in [4.69, 9.17) is 5.73 Å². The number of carbonyl (C=O) groups is 1. The van der Waals surface area contributed by atoms with Gasteiger partial charge in [-0.05, 0) is 25.2 Å². The van der Waals surface area contributed by atoms with Gasteiger partial charge in [0.05, 0.1) is 12.4 Å². The lowest BCUT2D eigenvalue weighted by Crippen LogP contribution is -2.33. The molecule has 2 unspecified atom stereocenters. The molecule has 0 aliphatic heterocycles. The Morgan fingerprint density at radius 3 is 2.81 bits per heavy atom. The summed E-state index contributed by atoms with van der Waals surface area (Å²) in [5.41, 5.74) is 5.73. The summed E-state index contributed by atoms with van der Waals surface area (Å²) < 4.78 is 0. The number of aromatic nitrogens is 2. The summed E-state index contributed by atoms with van der Waals surface area (Å²) >= 11 is 0. The van der Waals surface area contributed by atoms with E-state index in [1.165, 1.54) is 18.8 Å². The molecule has 86 valence electrons. The summed E-state index contributed by atoms with van der Waals surface area (Å²) in [6, 6.07) is 0.279. The Labute approximate surface area is 94.5 Å². The number of hydrogen-bond donors (Lipinski definition) is 2. The van der Waals surface area contributed by atoms with Crippen molar-refractivity contribution in [2.75, 3.05) is 5.73 Å². The lowest BCUT2D eigenvalue weighted by atomic mass is 10.1. The zero-order valence-electron chi connectivity index (χ0n) is 9.31. The molecule has 2 atom stereocenters. The molecule has 0 spiro atoms. The molecule has 0 bridgehead atoms. The Kier molecular flexibility index (Phi) is 3.03. The number of carbonyl (C=O) groups excluding carboxylic acids is 1. The first-order chi connectivity index (χ1) is 7.65. The maximum absolute atomic E-state index is 11.8. The van der Waals surface area contributed by atoms with Crippen LogP contribution in [0.5, 0.6) is 0 Å². The molecule has 1 heterocycles. The lowest BCUT2D eigenvalue weighted by Gasteiger charge is -2.11. The van der Waals surface area contributed by atoms with Crippen LogP contribution in [0.15, 0.2) is 12.4 Å². The van der Waals surface area contributed by atoms with Gasteiger partial charge < -0.3 is 11.1 Å². The van der Waals surface area contributed by atoms with Gasteiger partial charge in [-0.1, -0.05) is 6.92 Å². The van der Waals surface area contributed by atoms with Crippen LogP contribution in [0.25, 0.3) is 0 Å². The van der Waals surface area contributed by atoms with Crippen LogP contribution in [0.3, 0.4) is 0 Å². The molecular formula is C11H16N4O. The molecule has 1 aromatic heterocycles. The number of rotatable bonds is 2. The third-order valence-electron chi connectivity index (χ3n) is 2.93. The van der Waals surface area contributed by atoms with Crippen molar-refractivity contribution >= 4 is 11.7 Å². The van der Waals surface area contributed by atoms with E-state index in [1.54, 1.807) is 0 Å². The molecule has 16 heavy (non-hydrogen) atoms. The molecule has 1 aliphatic carbocycles.